The first-order valence-corrected chi connectivity index (χ1v) is 9.42. The minimum atomic E-state index is -4.56. The monoisotopic (exact) mass is 427 g/mol. The number of hydrogen-bond donors (Lipinski definition) is 2. The summed E-state index contributed by atoms with van der Waals surface area (Å²) < 4.78 is 52.0. The molecule has 158 valence electrons. The Kier molecular flexibility index (Phi) is 5.22. The molecule has 31 heavy (non-hydrogen) atoms. The summed E-state index contributed by atoms with van der Waals surface area (Å²) in [4.78, 5) is 0. The molecular formula is C23H17F4N3O. The Morgan fingerprint density at radius 1 is 0.903 bits per heavy atom. The standard InChI is InChI=1S/C23H17F4N3O/c1-13(14-6-9-16(24)10-7-14)28-22-18-5-3-2-4-17(18)21(29-30-22)19-11-8-15(12-20(19)31)23(25,26)27/h2-13,31H,1H3,(H,28,30). The van der Waals surface area contributed by atoms with Crippen LogP contribution in [-0.2, 0) is 6.18 Å². The minimum absolute atomic E-state index is 0.148. The van der Waals surface area contributed by atoms with Gasteiger partial charge in [-0.25, -0.2) is 4.39 Å². The number of fused-ring (bicyclic) bond motifs is 1. The number of benzene rings is 3. The highest BCUT2D eigenvalue weighted by molar-refractivity contribution is 6.00. The van der Waals surface area contributed by atoms with Crippen LogP contribution >= 0.6 is 0 Å². The molecular weight excluding hydrogens is 410 g/mol. The van der Waals surface area contributed by atoms with E-state index in [0.717, 1.165) is 11.6 Å². The van der Waals surface area contributed by atoms with E-state index >= 15 is 0 Å². The van der Waals surface area contributed by atoms with Crippen molar-refractivity contribution in [1.82, 2.24) is 10.2 Å². The zero-order chi connectivity index (χ0) is 22.2. The number of nitrogens with one attached hydrogen (secondary N) is 1. The molecule has 8 heteroatoms. The van der Waals surface area contributed by atoms with Gasteiger partial charge < -0.3 is 10.4 Å². The molecule has 0 amide bonds. The Morgan fingerprint density at radius 3 is 2.23 bits per heavy atom. The molecule has 0 aliphatic carbocycles. The average Bonchev–Trinajstić information content (AvgIpc) is 2.74. The Morgan fingerprint density at radius 2 is 1.58 bits per heavy atom. The summed E-state index contributed by atoms with van der Waals surface area (Å²) in [5, 5.41) is 23.2. The van der Waals surface area contributed by atoms with Crippen molar-refractivity contribution in [2.24, 2.45) is 0 Å². The van der Waals surface area contributed by atoms with E-state index in [0.29, 0.717) is 22.7 Å². The van der Waals surface area contributed by atoms with Gasteiger partial charge >= 0.3 is 6.18 Å². The maximum Gasteiger partial charge on any atom is 0.416 e. The Hall–Kier alpha value is -3.68. The van der Waals surface area contributed by atoms with E-state index in [1.54, 1.807) is 36.4 Å². The summed E-state index contributed by atoms with van der Waals surface area (Å²) in [6.07, 6.45) is -4.56. The molecule has 4 nitrogen and oxygen atoms in total. The molecule has 0 saturated carbocycles. The second-order valence-corrected chi connectivity index (χ2v) is 7.09. The van der Waals surface area contributed by atoms with Gasteiger partial charge in [0.15, 0.2) is 5.82 Å². The van der Waals surface area contributed by atoms with Crippen molar-refractivity contribution < 1.29 is 22.7 Å². The van der Waals surface area contributed by atoms with E-state index in [1.807, 2.05) is 6.92 Å². The maximum atomic E-state index is 13.2. The summed E-state index contributed by atoms with van der Waals surface area (Å²) in [5.41, 5.74) is 0.311. The Labute approximate surface area is 175 Å². The second-order valence-electron chi connectivity index (χ2n) is 7.09. The zero-order valence-corrected chi connectivity index (χ0v) is 16.3. The molecule has 0 aliphatic heterocycles. The van der Waals surface area contributed by atoms with Crippen molar-refractivity contribution in [1.29, 1.82) is 0 Å². The molecule has 1 unspecified atom stereocenters. The van der Waals surface area contributed by atoms with Crippen molar-refractivity contribution in [3.05, 3.63) is 83.7 Å². The highest BCUT2D eigenvalue weighted by atomic mass is 19.4. The van der Waals surface area contributed by atoms with E-state index in [2.05, 4.69) is 15.5 Å². The number of nitrogens with zero attached hydrogens (tertiary/aromatic N) is 2. The predicted molar refractivity (Wildman–Crippen MR) is 110 cm³/mol. The van der Waals surface area contributed by atoms with Crippen LogP contribution < -0.4 is 5.32 Å². The molecule has 1 heterocycles. The molecule has 4 aromatic rings. The third-order valence-corrected chi connectivity index (χ3v) is 4.99. The Bertz CT molecular complexity index is 1240. The van der Waals surface area contributed by atoms with Crippen molar-refractivity contribution in [3.8, 4) is 17.0 Å². The molecule has 0 spiro atoms. The summed E-state index contributed by atoms with van der Waals surface area (Å²) in [6.45, 7) is 1.89. The Balaban J connectivity index is 1.75. The lowest BCUT2D eigenvalue weighted by atomic mass is 10.0. The van der Waals surface area contributed by atoms with Crippen LogP contribution in [0.5, 0.6) is 5.75 Å². The summed E-state index contributed by atoms with van der Waals surface area (Å²) in [6, 6.07) is 15.7. The van der Waals surface area contributed by atoms with E-state index in [-0.39, 0.29) is 23.1 Å². The van der Waals surface area contributed by atoms with Gasteiger partial charge in [-0.05, 0) is 42.8 Å². The van der Waals surface area contributed by atoms with Crippen LogP contribution in [-0.4, -0.2) is 15.3 Å². The van der Waals surface area contributed by atoms with Gasteiger partial charge in [-0.2, -0.15) is 13.2 Å². The van der Waals surface area contributed by atoms with Gasteiger partial charge in [0.1, 0.15) is 17.3 Å². The first kappa shape index (κ1) is 20.6. The number of rotatable bonds is 4. The van der Waals surface area contributed by atoms with Gasteiger partial charge in [0.2, 0.25) is 0 Å². The predicted octanol–water partition coefficient (Wildman–Crippen LogP) is 6.33. The van der Waals surface area contributed by atoms with E-state index in [9.17, 15) is 22.7 Å². The molecule has 1 atom stereocenters. The lowest BCUT2D eigenvalue weighted by Gasteiger charge is -2.17. The van der Waals surface area contributed by atoms with Crippen LogP contribution in [0.3, 0.4) is 0 Å². The molecule has 0 radical (unpaired) electrons. The largest absolute Gasteiger partial charge is 0.507 e. The van der Waals surface area contributed by atoms with Crippen molar-refractivity contribution in [2.45, 2.75) is 19.1 Å². The number of aromatic hydroxyl groups is 1. The fraction of sp³-hybridized carbons (Fsp3) is 0.130. The van der Waals surface area contributed by atoms with Gasteiger partial charge in [-0.1, -0.05) is 36.4 Å². The highest BCUT2D eigenvalue weighted by Gasteiger charge is 2.31. The maximum absolute atomic E-state index is 13.2. The van der Waals surface area contributed by atoms with E-state index in [4.69, 9.17) is 0 Å². The highest BCUT2D eigenvalue weighted by Crippen LogP contribution is 2.39. The van der Waals surface area contributed by atoms with E-state index < -0.39 is 17.5 Å². The first-order valence-electron chi connectivity index (χ1n) is 9.42. The number of aromatic nitrogens is 2. The topological polar surface area (TPSA) is 58.0 Å². The molecule has 0 bridgehead atoms. The fourth-order valence-corrected chi connectivity index (χ4v) is 3.36. The van der Waals surface area contributed by atoms with Gasteiger partial charge in [0.05, 0.1) is 11.6 Å². The van der Waals surface area contributed by atoms with Gasteiger partial charge in [-0.3, -0.25) is 0 Å². The molecule has 3 aromatic carbocycles. The molecule has 1 aromatic heterocycles. The number of hydrogen-bond acceptors (Lipinski definition) is 4. The zero-order valence-electron chi connectivity index (χ0n) is 16.3. The fourth-order valence-electron chi connectivity index (χ4n) is 3.36. The van der Waals surface area contributed by atoms with Crippen LogP contribution in [0.25, 0.3) is 22.0 Å². The number of anilines is 1. The van der Waals surface area contributed by atoms with Crippen molar-refractivity contribution in [2.75, 3.05) is 5.32 Å². The molecule has 0 fully saturated rings. The van der Waals surface area contributed by atoms with E-state index in [1.165, 1.54) is 18.2 Å². The summed E-state index contributed by atoms with van der Waals surface area (Å²) >= 11 is 0. The smallest absolute Gasteiger partial charge is 0.416 e. The quantitative estimate of drug-likeness (QED) is 0.374. The third kappa shape index (κ3) is 4.14. The van der Waals surface area contributed by atoms with Crippen LogP contribution in [0.1, 0.15) is 24.1 Å². The third-order valence-electron chi connectivity index (χ3n) is 4.99. The molecule has 0 aliphatic rings. The number of phenols is 1. The normalized spacial score (nSPS) is 12.7. The number of alkyl halides is 3. The van der Waals surface area contributed by atoms with Crippen LogP contribution in [0, 0.1) is 5.82 Å². The van der Waals surface area contributed by atoms with Crippen LogP contribution in [0.15, 0.2) is 66.7 Å². The van der Waals surface area contributed by atoms with Crippen molar-refractivity contribution in [3.63, 3.8) is 0 Å². The van der Waals surface area contributed by atoms with Gasteiger partial charge in [0, 0.05) is 16.3 Å². The summed E-state index contributed by atoms with van der Waals surface area (Å²) in [7, 11) is 0. The molecule has 0 saturated heterocycles. The lowest BCUT2D eigenvalue weighted by Crippen LogP contribution is -2.09. The second kappa shape index (κ2) is 7.86. The molecule has 2 N–H and O–H groups in total. The lowest BCUT2D eigenvalue weighted by molar-refractivity contribution is -0.137. The molecule has 4 rings (SSSR count). The van der Waals surface area contributed by atoms with Gasteiger partial charge in [0.25, 0.3) is 0 Å². The number of halogens is 4. The number of phenolic OH excluding ortho intramolecular Hbond substituents is 1. The first-order chi connectivity index (χ1) is 14.7. The van der Waals surface area contributed by atoms with Crippen molar-refractivity contribution >= 4 is 16.6 Å². The average molecular weight is 427 g/mol. The minimum Gasteiger partial charge on any atom is -0.507 e. The van der Waals surface area contributed by atoms with Crippen LogP contribution in [0.4, 0.5) is 23.4 Å². The SMILES string of the molecule is CC(Nc1nnc(-c2ccc(C(F)(F)F)cc2O)c2ccccc12)c1ccc(F)cc1. The van der Waals surface area contributed by atoms with Crippen LogP contribution in [0.2, 0.25) is 0 Å². The van der Waals surface area contributed by atoms with Gasteiger partial charge in [-0.15, -0.1) is 10.2 Å². The summed E-state index contributed by atoms with van der Waals surface area (Å²) in [5.74, 6) is -0.404.